The smallest absolute Gasteiger partial charge is 0.165 e. The summed E-state index contributed by atoms with van der Waals surface area (Å²) in [5.41, 5.74) is 1.68. The van der Waals surface area contributed by atoms with Crippen molar-refractivity contribution in [3.8, 4) is 17.2 Å². The molecule has 3 aromatic rings. The second-order valence-electron chi connectivity index (χ2n) is 7.70. The predicted molar refractivity (Wildman–Crippen MR) is 121 cm³/mol. The summed E-state index contributed by atoms with van der Waals surface area (Å²) in [6.07, 6.45) is 1.91. The Kier molecular flexibility index (Phi) is 7.82. The van der Waals surface area contributed by atoms with Crippen molar-refractivity contribution >= 4 is 0 Å². The molecule has 0 heterocycles. The minimum Gasteiger partial charge on any atom is -0.494 e. The predicted octanol–water partition coefficient (Wildman–Crippen LogP) is 7.85. The summed E-state index contributed by atoms with van der Waals surface area (Å²) in [7, 11) is 0. The van der Waals surface area contributed by atoms with Crippen LogP contribution in [0.15, 0.2) is 84.7 Å². The van der Waals surface area contributed by atoms with Crippen LogP contribution < -0.4 is 9.47 Å². The monoisotopic (exact) mass is 422 g/mol. The molecule has 0 spiro atoms. The molecule has 0 unspecified atom stereocenters. The van der Waals surface area contributed by atoms with Crippen LogP contribution in [-0.4, -0.2) is 6.61 Å². The van der Waals surface area contributed by atoms with Gasteiger partial charge in [0.25, 0.3) is 0 Å². The quantitative estimate of drug-likeness (QED) is 0.349. The number of benzene rings is 3. The zero-order chi connectivity index (χ0) is 22.2. The molecule has 3 aromatic carbocycles. The van der Waals surface area contributed by atoms with Crippen LogP contribution in [0.4, 0.5) is 8.78 Å². The van der Waals surface area contributed by atoms with Gasteiger partial charge in [-0.3, -0.25) is 0 Å². The molecule has 0 aliphatic rings. The zero-order valence-electron chi connectivity index (χ0n) is 18.1. The summed E-state index contributed by atoms with van der Waals surface area (Å²) in [5.74, 6) is 0.534. The van der Waals surface area contributed by atoms with Gasteiger partial charge >= 0.3 is 0 Å². The average molecular weight is 423 g/mol. The molecule has 0 radical (unpaired) electrons. The van der Waals surface area contributed by atoms with E-state index in [4.69, 9.17) is 9.47 Å². The molecule has 0 saturated heterocycles. The maximum absolute atomic E-state index is 15.2. The van der Waals surface area contributed by atoms with E-state index in [1.165, 1.54) is 6.07 Å². The van der Waals surface area contributed by atoms with Gasteiger partial charge in [-0.25, -0.2) is 8.78 Å². The molecule has 4 heteroatoms. The Balaban J connectivity index is 1.76. The summed E-state index contributed by atoms with van der Waals surface area (Å²) in [6, 6.07) is 21.2. The number of rotatable bonds is 9. The van der Waals surface area contributed by atoms with Crippen molar-refractivity contribution < 1.29 is 18.3 Å². The van der Waals surface area contributed by atoms with Crippen molar-refractivity contribution in [2.75, 3.05) is 6.61 Å². The lowest BCUT2D eigenvalue weighted by molar-refractivity contribution is 0.340. The first kappa shape index (κ1) is 22.5. The first-order valence-corrected chi connectivity index (χ1v) is 10.6. The van der Waals surface area contributed by atoms with E-state index in [1.807, 2.05) is 63.2 Å². The molecule has 162 valence electrons. The molecule has 0 aliphatic heterocycles. The molecule has 31 heavy (non-hydrogen) atoms. The normalized spacial score (nSPS) is 12.6. The summed E-state index contributed by atoms with van der Waals surface area (Å²) in [6.45, 7) is 6.52. The minimum atomic E-state index is -0.452. The summed E-state index contributed by atoms with van der Waals surface area (Å²) >= 11 is 0. The van der Waals surface area contributed by atoms with Crippen LogP contribution in [0.2, 0.25) is 0 Å². The molecular formula is C27H28F2O2. The Morgan fingerprint density at radius 1 is 0.935 bits per heavy atom. The third kappa shape index (κ3) is 6.17. The van der Waals surface area contributed by atoms with Crippen molar-refractivity contribution in [2.45, 2.75) is 33.1 Å². The highest BCUT2D eigenvalue weighted by molar-refractivity contribution is 5.37. The Labute approximate surface area is 183 Å². The number of hydrogen-bond donors (Lipinski definition) is 0. The number of para-hydroxylation sites is 1. The fourth-order valence-electron chi connectivity index (χ4n) is 3.51. The van der Waals surface area contributed by atoms with E-state index in [-0.39, 0.29) is 23.4 Å². The lowest BCUT2D eigenvalue weighted by atomic mass is 9.86. The molecule has 0 fully saturated rings. The van der Waals surface area contributed by atoms with Crippen LogP contribution in [0.5, 0.6) is 17.2 Å². The number of allylic oxidation sites excluding steroid dienone is 2. The molecule has 0 amide bonds. The third-order valence-corrected chi connectivity index (χ3v) is 5.01. The van der Waals surface area contributed by atoms with Gasteiger partial charge in [-0.1, -0.05) is 50.2 Å². The van der Waals surface area contributed by atoms with Crippen molar-refractivity contribution in [2.24, 2.45) is 5.92 Å². The maximum Gasteiger partial charge on any atom is 0.165 e. The Morgan fingerprint density at radius 2 is 1.65 bits per heavy atom. The van der Waals surface area contributed by atoms with Gasteiger partial charge in [0, 0.05) is 5.92 Å². The van der Waals surface area contributed by atoms with E-state index < -0.39 is 5.82 Å². The van der Waals surface area contributed by atoms with Crippen LogP contribution in [-0.2, 0) is 6.42 Å². The molecular weight excluding hydrogens is 394 g/mol. The largest absolute Gasteiger partial charge is 0.494 e. The van der Waals surface area contributed by atoms with Crippen LogP contribution in [0.25, 0.3) is 0 Å². The SMILES string of the molecule is CCOc1ccc([C@H](C(F)=CCc2ccc(F)c(Oc3ccccc3)c2)C(C)C)cc1. The second-order valence-corrected chi connectivity index (χ2v) is 7.70. The standard InChI is InChI=1S/C27H28F2O2/c1-4-30-22-14-12-21(13-15-22)27(19(2)3)25(29)17-11-20-10-16-24(28)26(18-20)31-23-8-6-5-7-9-23/h5-10,12-19,27H,4,11H2,1-3H3/t27-/m1/s1. The Morgan fingerprint density at radius 3 is 2.29 bits per heavy atom. The van der Waals surface area contributed by atoms with Crippen molar-refractivity contribution in [3.05, 3.63) is 102 Å². The topological polar surface area (TPSA) is 18.5 Å². The fourth-order valence-corrected chi connectivity index (χ4v) is 3.51. The molecule has 0 N–H and O–H groups in total. The maximum atomic E-state index is 15.2. The first-order valence-electron chi connectivity index (χ1n) is 10.6. The van der Waals surface area contributed by atoms with Gasteiger partial charge in [-0.15, -0.1) is 0 Å². The first-order chi connectivity index (χ1) is 15.0. The summed E-state index contributed by atoms with van der Waals surface area (Å²) in [4.78, 5) is 0. The molecule has 2 nitrogen and oxygen atoms in total. The van der Waals surface area contributed by atoms with Crippen LogP contribution in [0.3, 0.4) is 0 Å². The van der Waals surface area contributed by atoms with E-state index in [2.05, 4.69) is 0 Å². The van der Waals surface area contributed by atoms with E-state index >= 15 is 4.39 Å². The van der Waals surface area contributed by atoms with E-state index in [0.717, 1.165) is 16.9 Å². The molecule has 0 aliphatic carbocycles. The van der Waals surface area contributed by atoms with Gasteiger partial charge in [0.15, 0.2) is 11.6 Å². The van der Waals surface area contributed by atoms with Gasteiger partial charge < -0.3 is 9.47 Å². The third-order valence-electron chi connectivity index (χ3n) is 5.01. The van der Waals surface area contributed by atoms with Gasteiger partial charge in [0.2, 0.25) is 0 Å². The number of halogens is 2. The molecule has 1 atom stereocenters. The molecule has 0 aromatic heterocycles. The second kappa shape index (κ2) is 10.8. The fraction of sp³-hybridized carbons (Fsp3) is 0.259. The number of ether oxygens (including phenoxy) is 2. The minimum absolute atomic E-state index is 0.0828. The van der Waals surface area contributed by atoms with Gasteiger partial charge in [-0.05, 0) is 72.9 Å². The summed E-state index contributed by atoms with van der Waals surface area (Å²) < 4.78 is 40.5. The van der Waals surface area contributed by atoms with Crippen molar-refractivity contribution in [3.63, 3.8) is 0 Å². The lowest BCUT2D eigenvalue weighted by Gasteiger charge is -2.20. The van der Waals surface area contributed by atoms with Crippen molar-refractivity contribution in [1.29, 1.82) is 0 Å². The zero-order valence-corrected chi connectivity index (χ0v) is 18.1. The lowest BCUT2D eigenvalue weighted by Crippen LogP contribution is -2.08. The molecule has 3 rings (SSSR count). The van der Waals surface area contributed by atoms with E-state index in [9.17, 15) is 4.39 Å². The van der Waals surface area contributed by atoms with Gasteiger partial charge in [0.1, 0.15) is 17.3 Å². The van der Waals surface area contributed by atoms with Gasteiger partial charge in [-0.2, -0.15) is 0 Å². The van der Waals surface area contributed by atoms with Crippen LogP contribution in [0.1, 0.15) is 37.8 Å². The highest BCUT2D eigenvalue weighted by Gasteiger charge is 2.21. The van der Waals surface area contributed by atoms with Crippen LogP contribution >= 0.6 is 0 Å². The molecule has 0 saturated carbocycles. The van der Waals surface area contributed by atoms with E-state index in [0.29, 0.717) is 18.8 Å². The molecule has 0 bridgehead atoms. The van der Waals surface area contributed by atoms with Gasteiger partial charge in [0.05, 0.1) is 6.61 Å². The van der Waals surface area contributed by atoms with E-state index in [1.54, 1.807) is 30.3 Å². The van der Waals surface area contributed by atoms with Crippen molar-refractivity contribution in [1.82, 2.24) is 0 Å². The average Bonchev–Trinajstić information content (AvgIpc) is 2.76. The Bertz CT molecular complexity index is 996. The highest BCUT2D eigenvalue weighted by Crippen LogP contribution is 2.34. The van der Waals surface area contributed by atoms with Crippen LogP contribution in [0, 0.1) is 11.7 Å². The number of hydrogen-bond acceptors (Lipinski definition) is 2. The Hall–Kier alpha value is -3.14. The highest BCUT2D eigenvalue weighted by atomic mass is 19.1. The summed E-state index contributed by atoms with van der Waals surface area (Å²) in [5, 5.41) is 0.